The Morgan fingerprint density at radius 3 is 2.52 bits per heavy atom. The van der Waals surface area contributed by atoms with E-state index in [1.807, 2.05) is 13.0 Å². The highest BCUT2D eigenvalue weighted by molar-refractivity contribution is 6.30. The molecule has 2 nitrogen and oxygen atoms in total. The number of likely N-dealkylation sites (N-methyl/N-ethyl adjacent to an activating group) is 1. The van der Waals surface area contributed by atoms with Crippen molar-refractivity contribution >= 4 is 11.6 Å². The summed E-state index contributed by atoms with van der Waals surface area (Å²) in [6.45, 7) is 17.3. The number of halogens is 1. The van der Waals surface area contributed by atoms with Gasteiger partial charge in [-0.3, -0.25) is 9.80 Å². The highest BCUT2D eigenvalue weighted by Gasteiger charge is 2.39. The number of piperazine rings is 1. The first kappa shape index (κ1) is 20.2. The van der Waals surface area contributed by atoms with E-state index in [1.165, 1.54) is 17.5 Å². The van der Waals surface area contributed by atoms with E-state index in [2.05, 4.69) is 62.1 Å². The van der Waals surface area contributed by atoms with Crippen LogP contribution in [0.1, 0.15) is 56.7 Å². The first-order valence-corrected chi connectivity index (χ1v) is 9.64. The molecule has 0 amide bonds. The van der Waals surface area contributed by atoms with E-state index >= 15 is 0 Å². The highest BCUT2D eigenvalue weighted by Crippen LogP contribution is 2.47. The zero-order valence-corrected chi connectivity index (χ0v) is 17.0. The molecule has 1 aliphatic heterocycles. The minimum absolute atomic E-state index is 0.230. The lowest BCUT2D eigenvalue weighted by molar-refractivity contribution is 0.0154. The van der Waals surface area contributed by atoms with E-state index in [0.29, 0.717) is 12.0 Å². The van der Waals surface area contributed by atoms with E-state index in [9.17, 15) is 0 Å². The van der Waals surface area contributed by atoms with Gasteiger partial charge in [0, 0.05) is 36.2 Å². The third-order valence-electron chi connectivity index (χ3n) is 5.59. The van der Waals surface area contributed by atoms with Gasteiger partial charge in [0.2, 0.25) is 0 Å². The smallest absolute Gasteiger partial charge is 0.0409 e. The molecule has 0 radical (unpaired) electrons. The minimum atomic E-state index is 0.230. The molecule has 1 aliphatic carbocycles. The van der Waals surface area contributed by atoms with Crippen molar-refractivity contribution in [2.75, 3.05) is 26.7 Å². The number of hydrogen-bond donors (Lipinski definition) is 0. The van der Waals surface area contributed by atoms with Crippen LogP contribution in [0.15, 0.2) is 43.5 Å². The molecule has 1 heterocycles. The highest BCUT2D eigenvalue weighted by atomic mass is 35.5. The molecule has 1 saturated heterocycles. The number of hydrogen-bond acceptors (Lipinski definition) is 2. The third-order valence-corrected chi connectivity index (χ3v) is 5.83. The van der Waals surface area contributed by atoms with Crippen LogP contribution in [0, 0.1) is 0 Å². The summed E-state index contributed by atoms with van der Waals surface area (Å²) < 4.78 is 0. The Labute approximate surface area is 159 Å². The van der Waals surface area contributed by atoms with Gasteiger partial charge in [0.25, 0.3) is 0 Å². The van der Waals surface area contributed by atoms with Gasteiger partial charge >= 0.3 is 0 Å². The fourth-order valence-corrected chi connectivity index (χ4v) is 4.22. The Kier molecular flexibility index (Phi) is 6.90. The molecule has 0 bridgehead atoms. The molecule has 2 atom stereocenters. The van der Waals surface area contributed by atoms with Crippen molar-refractivity contribution in [3.63, 3.8) is 0 Å². The molecule has 0 saturated carbocycles. The lowest BCUT2D eigenvalue weighted by atomic mass is 9.96. The molecule has 0 spiro atoms. The van der Waals surface area contributed by atoms with E-state index in [-0.39, 0.29) is 5.54 Å². The molecule has 0 aromatic heterocycles. The maximum absolute atomic E-state index is 6.28. The summed E-state index contributed by atoms with van der Waals surface area (Å²) in [6.07, 6.45) is 6.06. The summed E-state index contributed by atoms with van der Waals surface area (Å²) in [5.74, 6) is 0.595. The topological polar surface area (TPSA) is 6.48 Å². The number of fused-ring (bicyclic) bond motifs is 1. The fourth-order valence-electron chi connectivity index (χ4n) is 4.04. The summed E-state index contributed by atoms with van der Waals surface area (Å²) in [6, 6.07) is 6.96. The van der Waals surface area contributed by atoms with Gasteiger partial charge < -0.3 is 0 Å². The number of benzene rings is 1. The second-order valence-corrected chi connectivity index (χ2v) is 8.30. The molecular formula is C22H33ClN2. The van der Waals surface area contributed by atoms with Gasteiger partial charge in [-0.15, -0.1) is 13.2 Å². The molecule has 1 unspecified atom stereocenters. The normalized spacial score (nSPS) is 25.6. The van der Waals surface area contributed by atoms with Gasteiger partial charge in [0.15, 0.2) is 0 Å². The summed E-state index contributed by atoms with van der Waals surface area (Å²) in [5.41, 5.74) is 3.15. The van der Waals surface area contributed by atoms with Gasteiger partial charge in [-0.1, -0.05) is 29.8 Å². The van der Waals surface area contributed by atoms with Crippen molar-refractivity contribution in [1.29, 1.82) is 0 Å². The van der Waals surface area contributed by atoms with Gasteiger partial charge in [-0.2, -0.15) is 0 Å². The standard InChI is InChI=1S/C19H27ClN2.C3H6/c1-5-6-14-11-18(17-12-15(20)7-8-16(14)17)22-10-9-21(4)19(2,3)13-22;1-3-2/h5,7-8,12,14,18H,1,6,9-11,13H2,2-4H3;3H,1H2,2H3/t14?,18-;/m1./s1. The van der Waals surface area contributed by atoms with Crippen molar-refractivity contribution < 1.29 is 0 Å². The van der Waals surface area contributed by atoms with Gasteiger partial charge in [0.05, 0.1) is 0 Å². The van der Waals surface area contributed by atoms with E-state index < -0.39 is 0 Å². The van der Waals surface area contributed by atoms with Crippen LogP contribution in [0.2, 0.25) is 5.02 Å². The summed E-state index contributed by atoms with van der Waals surface area (Å²) in [4.78, 5) is 5.14. The number of nitrogens with zero attached hydrogens (tertiary/aromatic N) is 2. The minimum Gasteiger partial charge on any atom is -0.299 e. The van der Waals surface area contributed by atoms with E-state index in [1.54, 1.807) is 6.08 Å². The molecule has 2 aliphatic rings. The molecular weight excluding hydrogens is 328 g/mol. The van der Waals surface area contributed by atoms with Crippen LogP contribution in [-0.4, -0.2) is 42.0 Å². The van der Waals surface area contributed by atoms with E-state index in [4.69, 9.17) is 11.6 Å². The van der Waals surface area contributed by atoms with Crippen molar-refractivity contribution in [2.24, 2.45) is 0 Å². The van der Waals surface area contributed by atoms with Gasteiger partial charge in [0.1, 0.15) is 0 Å². The Hall–Kier alpha value is -1.09. The predicted molar refractivity (Wildman–Crippen MR) is 111 cm³/mol. The summed E-state index contributed by atoms with van der Waals surface area (Å²) in [5, 5.41) is 0.858. The van der Waals surface area contributed by atoms with Crippen molar-refractivity contribution in [1.82, 2.24) is 9.80 Å². The second-order valence-electron chi connectivity index (χ2n) is 7.86. The third kappa shape index (κ3) is 4.55. The molecule has 0 N–H and O–H groups in total. The summed E-state index contributed by atoms with van der Waals surface area (Å²) >= 11 is 6.28. The van der Waals surface area contributed by atoms with Crippen molar-refractivity contribution in [2.45, 2.75) is 51.1 Å². The molecule has 25 heavy (non-hydrogen) atoms. The molecule has 138 valence electrons. The zero-order chi connectivity index (χ0) is 18.6. The Morgan fingerprint density at radius 2 is 1.92 bits per heavy atom. The van der Waals surface area contributed by atoms with Crippen molar-refractivity contribution in [3.8, 4) is 0 Å². The first-order chi connectivity index (χ1) is 11.8. The zero-order valence-electron chi connectivity index (χ0n) is 16.3. The van der Waals surface area contributed by atoms with Crippen LogP contribution >= 0.6 is 11.6 Å². The maximum Gasteiger partial charge on any atom is 0.0409 e. The van der Waals surface area contributed by atoms with Gasteiger partial charge in [-0.25, -0.2) is 0 Å². The number of rotatable bonds is 3. The first-order valence-electron chi connectivity index (χ1n) is 9.26. The van der Waals surface area contributed by atoms with Crippen LogP contribution in [0.3, 0.4) is 0 Å². The molecule has 1 aromatic rings. The Morgan fingerprint density at radius 1 is 1.24 bits per heavy atom. The van der Waals surface area contributed by atoms with Crippen LogP contribution in [0.25, 0.3) is 0 Å². The molecule has 3 heteroatoms. The SMILES string of the molecule is C=CC.C=CCC1C[C@@H](N2CCN(C)C(C)(C)C2)c2cc(Cl)ccc21. The monoisotopic (exact) mass is 360 g/mol. The maximum atomic E-state index is 6.28. The van der Waals surface area contributed by atoms with Crippen LogP contribution in [-0.2, 0) is 0 Å². The average molecular weight is 361 g/mol. The Bertz CT molecular complexity index is 608. The lowest BCUT2D eigenvalue weighted by Crippen LogP contribution is -2.58. The molecule has 3 rings (SSSR count). The Balaban J connectivity index is 0.000000701. The largest absolute Gasteiger partial charge is 0.299 e. The fraction of sp³-hybridized carbons (Fsp3) is 0.545. The average Bonchev–Trinajstić information content (AvgIpc) is 2.89. The molecule has 1 fully saturated rings. The van der Waals surface area contributed by atoms with Crippen LogP contribution < -0.4 is 0 Å². The van der Waals surface area contributed by atoms with Crippen LogP contribution in [0.4, 0.5) is 0 Å². The molecule has 1 aromatic carbocycles. The van der Waals surface area contributed by atoms with E-state index in [0.717, 1.165) is 31.1 Å². The predicted octanol–water partition coefficient (Wildman–Crippen LogP) is 5.66. The summed E-state index contributed by atoms with van der Waals surface area (Å²) in [7, 11) is 2.23. The second kappa shape index (κ2) is 8.53. The van der Waals surface area contributed by atoms with Crippen LogP contribution in [0.5, 0.6) is 0 Å². The van der Waals surface area contributed by atoms with Crippen molar-refractivity contribution in [3.05, 3.63) is 59.7 Å². The number of allylic oxidation sites excluding steroid dienone is 2. The lowest BCUT2D eigenvalue weighted by Gasteiger charge is -2.47. The quantitative estimate of drug-likeness (QED) is 0.641. The van der Waals surface area contributed by atoms with Gasteiger partial charge in [-0.05, 0) is 69.8 Å².